The summed E-state index contributed by atoms with van der Waals surface area (Å²) in [4.78, 5) is 1.23. The van der Waals surface area contributed by atoms with Crippen LogP contribution in [0.25, 0.3) is 9.88 Å². The Labute approximate surface area is 90.8 Å². The minimum absolute atomic E-state index is 0.887. The van der Waals surface area contributed by atoms with E-state index in [4.69, 9.17) is 0 Å². The lowest BCUT2D eigenvalue weighted by Gasteiger charge is -1.92. The summed E-state index contributed by atoms with van der Waals surface area (Å²) in [5.74, 6) is 0. The summed E-state index contributed by atoms with van der Waals surface area (Å²) in [6, 6.07) is 2.11. The molecule has 0 atom stereocenters. The summed E-state index contributed by atoms with van der Waals surface area (Å²) in [6.07, 6.45) is 0. The molecule has 2 aromatic rings. The van der Waals surface area contributed by atoms with Gasteiger partial charge >= 0.3 is 0 Å². The SMILES string of the molecule is CCNc1nnc(-c2sccc2C)s1. The van der Waals surface area contributed by atoms with Gasteiger partial charge in [0.2, 0.25) is 5.13 Å². The van der Waals surface area contributed by atoms with Crippen molar-refractivity contribution in [3.63, 3.8) is 0 Å². The molecule has 0 saturated heterocycles. The number of hydrogen-bond donors (Lipinski definition) is 1. The molecule has 14 heavy (non-hydrogen) atoms. The maximum Gasteiger partial charge on any atom is 0.206 e. The summed E-state index contributed by atoms with van der Waals surface area (Å²) in [6.45, 7) is 5.04. The van der Waals surface area contributed by atoms with Crippen molar-refractivity contribution in [3.05, 3.63) is 17.0 Å². The predicted octanol–water partition coefficient (Wildman–Crippen LogP) is 3.01. The topological polar surface area (TPSA) is 37.8 Å². The van der Waals surface area contributed by atoms with Gasteiger partial charge in [-0.3, -0.25) is 0 Å². The van der Waals surface area contributed by atoms with Gasteiger partial charge in [0.15, 0.2) is 5.01 Å². The molecule has 3 nitrogen and oxygen atoms in total. The van der Waals surface area contributed by atoms with Crippen LogP contribution in [0.4, 0.5) is 5.13 Å². The highest BCUT2D eigenvalue weighted by Crippen LogP contribution is 2.32. The quantitative estimate of drug-likeness (QED) is 0.872. The number of nitrogens with one attached hydrogen (secondary N) is 1. The number of nitrogens with zero attached hydrogens (tertiary/aromatic N) is 2. The molecule has 0 amide bonds. The molecule has 0 aromatic carbocycles. The van der Waals surface area contributed by atoms with E-state index in [2.05, 4.69) is 40.8 Å². The minimum Gasteiger partial charge on any atom is -0.360 e. The lowest BCUT2D eigenvalue weighted by Crippen LogP contribution is -1.94. The molecular weight excluding hydrogens is 214 g/mol. The number of aromatic nitrogens is 2. The van der Waals surface area contributed by atoms with Crippen LogP contribution in [0.1, 0.15) is 12.5 Å². The van der Waals surface area contributed by atoms with Crippen LogP contribution in [-0.4, -0.2) is 16.7 Å². The van der Waals surface area contributed by atoms with Crippen molar-refractivity contribution in [1.29, 1.82) is 0 Å². The van der Waals surface area contributed by atoms with Crippen molar-refractivity contribution < 1.29 is 0 Å². The molecule has 0 saturated carbocycles. The van der Waals surface area contributed by atoms with Gasteiger partial charge in [0.1, 0.15) is 0 Å². The maximum absolute atomic E-state index is 4.15. The summed E-state index contributed by atoms with van der Waals surface area (Å²) in [5.41, 5.74) is 1.27. The molecule has 5 heteroatoms. The van der Waals surface area contributed by atoms with Gasteiger partial charge < -0.3 is 5.32 Å². The zero-order valence-corrected chi connectivity index (χ0v) is 9.71. The van der Waals surface area contributed by atoms with Crippen LogP contribution in [0.15, 0.2) is 11.4 Å². The Morgan fingerprint density at radius 2 is 2.29 bits per heavy atom. The second-order valence-electron chi connectivity index (χ2n) is 2.88. The summed E-state index contributed by atoms with van der Waals surface area (Å²) in [5, 5.41) is 15.4. The first-order valence-corrected chi connectivity index (χ1v) is 6.12. The molecule has 0 spiro atoms. The van der Waals surface area contributed by atoms with E-state index in [9.17, 15) is 0 Å². The first-order valence-electron chi connectivity index (χ1n) is 4.43. The average molecular weight is 225 g/mol. The molecule has 0 unspecified atom stereocenters. The third-order valence-corrected chi connectivity index (χ3v) is 3.86. The van der Waals surface area contributed by atoms with Gasteiger partial charge in [0.25, 0.3) is 0 Å². The Morgan fingerprint density at radius 3 is 2.93 bits per heavy atom. The number of rotatable bonds is 3. The van der Waals surface area contributed by atoms with E-state index in [0.717, 1.165) is 16.7 Å². The van der Waals surface area contributed by atoms with E-state index in [1.165, 1.54) is 10.4 Å². The Hall–Kier alpha value is -0.940. The first-order chi connectivity index (χ1) is 6.81. The van der Waals surface area contributed by atoms with Crippen LogP contribution in [0.2, 0.25) is 0 Å². The smallest absolute Gasteiger partial charge is 0.206 e. The average Bonchev–Trinajstić information content (AvgIpc) is 2.74. The largest absolute Gasteiger partial charge is 0.360 e. The van der Waals surface area contributed by atoms with Crippen molar-refractivity contribution in [3.8, 4) is 9.88 Å². The molecule has 0 aliphatic rings. The van der Waals surface area contributed by atoms with E-state index < -0.39 is 0 Å². The number of aryl methyl sites for hydroxylation is 1. The Morgan fingerprint density at radius 1 is 1.43 bits per heavy atom. The molecule has 2 aromatic heterocycles. The second-order valence-corrected chi connectivity index (χ2v) is 4.77. The molecular formula is C9H11N3S2. The monoisotopic (exact) mass is 225 g/mol. The molecule has 0 fully saturated rings. The third kappa shape index (κ3) is 1.78. The molecule has 2 heterocycles. The first kappa shape index (κ1) is 9.61. The van der Waals surface area contributed by atoms with Gasteiger partial charge in [-0.15, -0.1) is 21.5 Å². The van der Waals surface area contributed by atoms with Gasteiger partial charge in [-0.25, -0.2) is 0 Å². The van der Waals surface area contributed by atoms with Crippen LogP contribution < -0.4 is 5.32 Å². The van der Waals surface area contributed by atoms with Crippen molar-refractivity contribution in [2.75, 3.05) is 11.9 Å². The molecule has 74 valence electrons. The number of hydrogen-bond acceptors (Lipinski definition) is 5. The van der Waals surface area contributed by atoms with Gasteiger partial charge in [0, 0.05) is 6.54 Å². The Bertz CT molecular complexity index is 419. The van der Waals surface area contributed by atoms with E-state index >= 15 is 0 Å². The predicted molar refractivity (Wildman–Crippen MR) is 62.1 cm³/mol. The van der Waals surface area contributed by atoms with Crippen LogP contribution in [-0.2, 0) is 0 Å². The fourth-order valence-electron chi connectivity index (χ4n) is 1.13. The normalized spacial score (nSPS) is 10.4. The van der Waals surface area contributed by atoms with Crippen molar-refractivity contribution in [1.82, 2.24) is 10.2 Å². The zero-order valence-electron chi connectivity index (χ0n) is 8.07. The van der Waals surface area contributed by atoms with Gasteiger partial charge in [-0.2, -0.15) is 0 Å². The fraction of sp³-hybridized carbons (Fsp3) is 0.333. The summed E-state index contributed by atoms with van der Waals surface area (Å²) in [7, 11) is 0. The van der Waals surface area contributed by atoms with E-state index in [1.807, 2.05) is 0 Å². The highest BCUT2D eigenvalue weighted by atomic mass is 32.1. The molecule has 0 bridgehead atoms. The lowest BCUT2D eigenvalue weighted by molar-refractivity contribution is 1.07. The lowest BCUT2D eigenvalue weighted by atomic mass is 10.3. The van der Waals surface area contributed by atoms with Crippen LogP contribution in [0.3, 0.4) is 0 Å². The van der Waals surface area contributed by atoms with Crippen molar-refractivity contribution in [2.24, 2.45) is 0 Å². The van der Waals surface area contributed by atoms with E-state index in [-0.39, 0.29) is 0 Å². The molecule has 0 radical (unpaired) electrons. The number of thiophene rings is 1. The van der Waals surface area contributed by atoms with Gasteiger partial charge in [-0.1, -0.05) is 11.3 Å². The minimum atomic E-state index is 0.887. The number of anilines is 1. The molecule has 1 N–H and O–H groups in total. The van der Waals surface area contributed by atoms with E-state index in [0.29, 0.717) is 0 Å². The summed E-state index contributed by atoms with van der Waals surface area (Å²) < 4.78 is 0. The summed E-state index contributed by atoms with van der Waals surface area (Å²) >= 11 is 3.32. The second kappa shape index (κ2) is 4.06. The maximum atomic E-state index is 4.15. The van der Waals surface area contributed by atoms with E-state index in [1.54, 1.807) is 22.7 Å². The zero-order chi connectivity index (χ0) is 9.97. The van der Waals surface area contributed by atoms with Crippen LogP contribution in [0.5, 0.6) is 0 Å². The Balaban J connectivity index is 2.29. The third-order valence-electron chi connectivity index (χ3n) is 1.81. The highest BCUT2D eigenvalue weighted by Gasteiger charge is 2.09. The standard InChI is InChI=1S/C9H11N3S2/c1-3-10-9-12-11-8(14-9)7-6(2)4-5-13-7/h4-5H,3H2,1-2H3,(H,10,12). The van der Waals surface area contributed by atoms with Gasteiger partial charge in [-0.05, 0) is 30.9 Å². The fourth-order valence-corrected chi connectivity index (χ4v) is 3.02. The van der Waals surface area contributed by atoms with Crippen molar-refractivity contribution in [2.45, 2.75) is 13.8 Å². The molecule has 0 aliphatic carbocycles. The highest BCUT2D eigenvalue weighted by molar-refractivity contribution is 7.23. The van der Waals surface area contributed by atoms with Crippen molar-refractivity contribution >= 4 is 27.8 Å². The molecule has 2 rings (SSSR count). The van der Waals surface area contributed by atoms with Crippen LogP contribution in [0, 0.1) is 6.92 Å². The Kier molecular flexibility index (Phi) is 2.79. The van der Waals surface area contributed by atoms with Gasteiger partial charge in [0.05, 0.1) is 4.88 Å². The van der Waals surface area contributed by atoms with Crippen LogP contribution >= 0.6 is 22.7 Å². The molecule has 0 aliphatic heterocycles.